The number of hydrogen-bond donors (Lipinski definition) is 0. The number of carbonyl (C=O) groups excluding carboxylic acids is 1. The van der Waals surface area contributed by atoms with Gasteiger partial charge in [0.05, 0.1) is 26.4 Å². The minimum atomic E-state index is 0. The highest BCUT2D eigenvalue weighted by molar-refractivity contribution is 6.22. The highest BCUT2D eigenvalue weighted by atomic mass is 35.5. The van der Waals surface area contributed by atoms with E-state index in [-0.39, 0.29) is 18.2 Å². The molecular weight excluding hydrogens is 444 g/mol. The second-order valence-electron chi connectivity index (χ2n) is 8.35. The van der Waals surface area contributed by atoms with Gasteiger partial charge in [-0.3, -0.25) is 14.6 Å². The van der Waals surface area contributed by atoms with E-state index in [0.29, 0.717) is 24.3 Å². The second-order valence-corrected chi connectivity index (χ2v) is 8.35. The number of halogens is 1. The van der Waals surface area contributed by atoms with Crippen LogP contribution in [-0.2, 0) is 9.47 Å². The normalized spacial score (nSPS) is 18.4. The number of benzene rings is 2. The number of carbonyl (C=O) groups is 1. The maximum atomic E-state index is 13.1. The van der Waals surface area contributed by atoms with Crippen molar-refractivity contribution in [2.75, 3.05) is 78.9 Å². The third-order valence-corrected chi connectivity index (χ3v) is 6.32. The van der Waals surface area contributed by atoms with Gasteiger partial charge in [-0.25, -0.2) is 0 Å². The Morgan fingerprint density at radius 3 is 1.52 bits per heavy atom. The minimum absolute atomic E-state index is 0. The fourth-order valence-electron chi connectivity index (χ4n) is 4.45. The van der Waals surface area contributed by atoms with E-state index in [9.17, 15) is 4.79 Å². The van der Waals surface area contributed by atoms with Gasteiger partial charge in [-0.1, -0.05) is 0 Å². The molecule has 7 nitrogen and oxygen atoms in total. The van der Waals surface area contributed by atoms with Crippen molar-refractivity contribution in [1.82, 2.24) is 9.80 Å². The summed E-state index contributed by atoms with van der Waals surface area (Å²) in [7, 11) is 0. The Labute approximate surface area is 201 Å². The number of nitrogens with zero attached hydrogens (tertiary/aromatic N) is 2. The topological polar surface area (TPSA) is 60.5 Å². The summed E-state index contributed by atoms with van der Waals surface area (Å²) in [6.45, 7) is 9.82. The molecule has 0 amide bonds. The van der Waals surface area contributed by atoms with Gasteiger partial charge in [0.1, 0.15) is 24.7 Å². The first-order valence-corrected chi connectivity index (χ1v) is 11.5. The molecule has 3 aliphatic rings. The van der Waals surface area contributed by atoms with Crippen molar-refractivity contribution >= 4 is 18.2 Å². The summed E-state index contributed by atoms with van der Waals surface area (Å²) >= 11 is 0. The zero-order chi connectivity index (χ0) is 21.8. The molecule has 0 atom stereocenters. The standard InChI is InChI=1S/C25H30N2O5.ClH/c28-25-23-17-19(31-15-9-26-5-11-29-12-6-26)1-3-21(23)22-4-2-20(18-24(22)25)32-16-10-27-7-13-30-14-8-27;/h1-4,17-18H,5-16H2;1H. The van der Waals surface area contributed by atoms with Crippen LogP contribution >= 0.6 is 12.4 Å². The number of hydrogen-bond acceptors (Lipinski definition) is 7. The molecule has 2 fully saturated rings. The van der Waals surface area contributed by atoms with Crippen molar-refractivity contribution in [3.8, 4) is 22.6 Å². The van der Waals surface area contributed by atoms with E-state index in [2.05, 4.69) is 9.80 Å². The van der Waals surface area contributed by atoms with Crippen LogP contribution in [0.2, 0.25) is 0 Å². The average molecular weight is 475 g/mol. The Bertz CT molecular complexity index is 882. The molecule has 2 heterocycles. The molecule has 2 aromatic carbocycles. The van der Waals surface area contributed by atoms with Crippen LogP contribution in [0.15, 0.2) is 36.4 Å². The Morgan fingerprint density at radius 1 is 0.667 bits per heavy atom. The summed E-state index contributed by atoms with van der Waals surface area (Å²) in [5.74, 6) is 1.51. The molecule has 5 rings (SSSR count). The Morgan fingerprint density at radius 2 is 1.09 bits per heavy atom. The highest BCUT2D eigenvalue weighted by Crippen LogP contribution is 2.39. The Kier molecular flexibility index (Phi) is 8.22. The van der Waals surface area contributed by atoms with E-state index in [1.54, 1.807) is 0 Å². The predicted molar refractivity (Wildman–Crippen MR) is 128 cm³/mol. The van der Waals surface area contributed by atoms with Crippen molar-refractivity contribution < 1.29 is 23.7 Å². The molecule has 178 valence electrons. The van der Waals surface area contributed by atoms with E-state index >= 15 is 0 Å². The van der Waals surface area contributed by atoms with E-state index in [1.807, 2.05) is 36.4 Å². The van der Waals surface area contributed by atoms with E-state index in [1.165, 1.54) is 0 Å². The fourth-order valence-corrected chi connectivity index (χ4v) is 4.45. The van der Waals surface area contributed by atoms with E-state index in [0.717, 1.165) is 88.3 Å². The lowest BCUT2D eigenvalue weighted by Gasteiger charge is -2.26. The average Bonchev–Trinajstić information content (AvgIpc) is 3.11. The molecule has 1 aliphatic carbocycles. The van der Waals surface area contributed by atoms with Crippen LogP contribution in [0, 0.1) is 0 Å². The predicted octanol–water partition coefficient (Wildman–Crippen LogP) is 2.74. The third kappa shape index (κ3) is 5.67. The largest absolute Gasteiger partial charge is 0.492 e. The molecule has 33 heavy (non-hydrogen) atoms. The smallest absolute Gasteiger partial charge is 0.194 e. The van der Waals surface area contributed by atoms with E-state index in [4.69, 9.17) is 18.9 Å². The molecular formula is C25H31ClN2O5. The van der Waals surface area contributed by atoms with Gasteiger partial charge < -0.3 is 18.9 Å². The molecule has 2 aliphatic heterocycles. The van der Waals surface area contributed by atoms with Crippen LogP contribution < -0.4 is 9.47 Å². The summed E-state index contributed by atoms with van der Waals surface area (Å²) in [6, 6.07) is 11.6. The van der Waals surface area contributed by atoms with Gasteiger partial charge in [0, 0.05) is 50.4 Å². The lowest BCUT2D eigenvalue weighted by atomic mass is 10.1. The summed E-state index contributed by atoms with van der Waals surface area (Å²) in [5, 5.41) is 0. The maximum Gasteiger partial charge on any atom is 0.194 e. The van der Waals surface area contributed by atoms with Gasteiger partial charge in [-0.2, -0.15) is 0 Å². The van der Waals surface area contributed by atoms with Crippen molar-refractivity contribution in [1.29, 1.82) is 0 Å². The van der Waals surface area contributed by atoms with Crippen molar-refractivity contribution in [3.05, 3.63) is 47.5 Å². The van der Waals surface area contributed by atoms with Crippen LogP contribution in [0.3, 0.4) is 0 Å². The SMILES string of the molecule is Cl.O=C1c2cc(OCCN3CCOCC3)ccc2-c2ccc(OCCN3CCOCC3)cc21. The summed E-state index contributed by atoms with van der Waals surface area (Å²) in [5.41, 5.74) is 3.33. The van der Waals surface area contributed by atoms with Crippen molar-refractivity contribution in [2.45, 2.75) is 0 Å². The molecule has 0 unspecified atom stereocenters. The quantitative estimate of drug-likeness (QED) is 0.497. The molecule has 0 radical (unpaired) electrons. The summed E-state index contributed by atoms with van der Waals surface area (Å²) in [4.78, 5) is 17.7. The number of rotatable bonds is 8. The molecule has 0 spiro atoms. The molecule has 2 saturated heterocycles. The van der Waals surface area contributed by atoms with Crippen molar-refractivity contribution in [2.24, 2.45) is 0 Å². The first-order valence-electron chi connectivity index (χ1n) is 11.5. The Balaban J connectivity index is 0.00000259. The van der Waals surface area contributed by atoms with E-state index < -0.39 is 0 Å². The van der Waals surface area contributed by atoms with Gasteiger partial charge in [-0.15, -0.1) is 12.4 Å². The van der Waals surface area contributed by atoms with Gasteiger partial charge >= 0.3 is 0 Å². The molecule has 0 bridgehead atoms. The van der Waals surface area contributed by atoms with Crippen molar-refractivity contribution in [3.63, 3.8) is 0 Å². The summed E-state index contributed by atoms with van der Waals surface area (Å²) in [6.07, 6.45) is 0. The Hall–Kier alpha value is -2.16. The number of fused-ring (bicyclic) bond motifs is 3. The molecule has 0 N–H and O–H groups in total. The van der Waals surface area contributed by atoms with Crippen LogP contribution in [0.4, 0.5) is 0 Å². The summed E-state index contributed by atoms with van der Waals surface area (Å²) < 4.78 is 22.6. The van der Waals surface area contributed by atoms with Crippen LogP contribution in [0.5, 0.6) is 11.5 Å². The molecule has 8 heteroatoms. The lowest BCUT2D eigenvalue weighted by molar-refractivity contribution is 0.0321. The molecule has 2 aromatic rings. The number of ketones is 1. The van der Waals surface area contributed by atoms with Gasteiger partial charge in [0.15, 0.2) is 5.78 Å². The zero-order valence-electron chi connectivity index (χ0n) is 18.8. The highest BCUT2D eigenvalue weighted by Gasteiger charge is 2.27. The van der Waals surface area contributed by atoms with Gasteiger partial charge in [-0.05, 0) is 47.5 Å². The second kappa shape index (κ2) is 11.3. The van der Waals surface area contributed by atoms with Gasteiger partial charge in [0.2, 0.25) is 0 Å². The third-order valence-electron chi connectivity index (χ3n) is 6.32. The van der Waals surface area contributed by atoms with Crippen LogP contribution in [0.1, 0.15) is 15.9 Å². The van der Waals surface area contributed by atoms with Gasteiger partial charge in [0.25, 0.3) is 0 Å². The fraction of sp³-hybridized carbons (Fsp3) is 0.480. The van der Waals surface area contributed by atoms with Crippen LogP contribution in [0.25, 0.3) is 11.1 Å². The van der Waals surface area contributed by atoms with Crippen LogP contribution in [-0.4, -0.2) is 94.5 Å². The lowest BCUT2D eigenvalue weighted by Crippen LogP contribution is -2.38. The zero-order valence-corrected chi connectivity index (χ0v) is 19.6. The first kappa shape index (κ1) is 24.0. The number of ether oxygens (including phenoxy) is 4. The molecule has 0 saturated carbocycles. The molecule has 0 aromatic heterocycles. The maximum absolute atomic E-state index is 13.1. The first-order chi connectivity index (χ1) is 15.8. The monoisotopic (exact) mass is 474 g/mol. The number of morpholine rings is 2. The minimum Gasteiger partial charge on any atom is -0.492 e.